The number of likely N-dealkylation sites (tertiary alicyclic amines) is 1. The largest absolute Gasteiger partial charge is 0.369 e. The number of anilines is 1. The lowest BCUT2D eigenvalue weighted by Gasteiger charge is -2.34. The van der Waals surface area contributed by atoms with E-state index in [-0.39, 0.29) is 11.8 Å². The van der Waals surface area contributed by atoms with Crippen molar-refractivity contribution in [1.29, 1.82) is 0 Å². The molecule has 136 valence electrons. The van der Waals surface area contributed by atoms with Gasteiger partial charge < -0.3 is 20.0 Å². The SMILES string of the molecule is CN1CCN(c2ccc(C(=O)NCCN3CCCCC3=O)cc2)CC1. The fourth-order valence-corrected chi connectivity index (χ4v) is 3.39. The molecule has 2 heterocycles. The topological polar surface area (TPSA) is 55.9 Å². The van der Waals surface area contributed by atoms with Crippen molar-refractivity contribution in [3.05, 3.63) is 29.8 Å². The summed E-state index contributed by atoms with van der Waals surface area (Å²) in [4.78, 5) is 30.5. The normalized spacial score (nSPS) is 19.2. The third kappa shape index (κ3) is 4.72. The molecule has 0 spiro atoms. The summed E-state index contributed by atoms with van der Waals surface area (Å²) in [5, 5.41) is 2.92. The summed E-state index contributed by atoms with van der Waals surface area (Å²) in [6.07, 6.45) is 2.69. The van der Waals surface area contributed by atoms with Crippen molar-refractivity contribution in [3.8, 4) is 0 Å². The van der Waals surface area contributed by atoms with Crippen LogP contribution in [0.25, 0.3) is 0 Å². The number of nitrogens with zero attached hydrogens (tertiary/aromatic N) is 3. The van der Waals surface area contributed by atoms with E-state index in [4.69, 9.17) is 0 Å². The Kier molecular flexibility index (Phi) is 5.91. The van der Waals surface area contributed by atoms with Crippen LogP contribution < -0.4 is 10.2 Å². The highest BCUT2D eigenvalue weighted by Gasteiger charge is 2.18. The second-order valence-corrected chi connectivity index (χ2v) is 6.93. The van der Waals surface area contributed by atoms with Crippen molar-refractivity contribution < 1.29 is 9.59 Å². The molecule has 0 unspecified atom stereocenters. The van der Waals surface area contributed by atoms with Gasteiger partial charge in [-0.25, -0.2) is 0 Å². The minimum atomic E-state index is -0.0746. The van der Waals surface area contributed by atoms with Crippen LogP contribution in [0.1, 0.15) is 29.6 Å². The molecule has 0 bridgehead atoms. The smallest absolute Gasteiger partial charge is 0.251 e. The van der Waals surface area contributed by atoms with Crippen LogP contribution in [0, 0.1) is 0 Å². The molecule has 2 fully saturated rings. The van der Waals surface area contributed by atoms with Gasteiger partial charge in [0.2, 0.25) is 5.91 Å². The second-order valence-electron chi connectivity index (χ2n) is 6.93. The average molecular weight is 344 g/mol. The van der Waals surface area contributed by atoms with E-state index in [0.29, 0.717) is 25.1 Å². The summed E-state index contributed by atoms with van der Waals surface area (Å²) in [6.45, 7) is 6.09. The van der Waals surface area contributed by atoms with Crippen molar-refractivity contribution in [2.24, 2.45) is 0 Å². The summed E-state index contributed by atoms with van der Waals surface area (Å²) >= 11 is 0. The van der Waals surface area contributed by atoms with Crippen LogP contribution in [0.5, 0.6) is 0 Å². The van der Waals surface area contributed by atoms with E-state index in [9.17, 15) is 9.59 Å². The highest BCUT2D eigenvalue weighted by Crippen LogP contribution is 2.17. The van der Waals surface area contributed by atoms with Gasteiger partial charge in [0.05, 0.1) is 0 Å². The molecular weight excluding hydrogens is 316 g/mol. The Balaban J connectivity index is 1.46. The maximum atomic E-state index is 12.3. The molecule has 2 saturated heterocycles. The first-order valence-corrected chi connectivity index (χ1v) is 9.23. The minimum Gasteiger partial charge on any atom is -0.369 e. The summed E-state index contributed by atoms with van der Waals surface area (Å²) in [7, 11) is 2.14. The fraction of sp³-hybridized carbons (Fsp3) is 0.579. The number of piperidine rings is 1. The summed E-state index contributed by atoms with van der Waals surface area (Å²) < 4.78 is 0. The molecule has 2 aliphatic rings. The van der Waals surface area contributed by atoms with Crippen LogP contribution >= 0.6 is 0 Å². The zero-order valence-corrected chi connectivity index (χ0v) is 15.0. The van der Waals surface area contributed by atoms with Gasteiger partial charge in [0.15, 0.2) is 0 Å². The molecule has 6 heteroatoms. The summed E-state index contributed by atoms with van der Waals surface area (Å²) in [5.41, 5.74) is 1.84. The number of hydrogen-bond donors (Lipinski definition) is 1. The molecule has 1 aromatic rings. The summed E-state index contributed by atoms with van der Waals surface area (Å²) in [6, 6.07) is 7.81. The van der Waals surface area contributed by atoms with Gasteiger partial charge in [0.25, 0.3) is 5.91 Å². The molecule has 6 nitrogen and oxygen atoms in total. The third-order valence-electron chi connectivity index (χ3n) is 5.09. The van der Waals surface area contributed by atoms with E-state index < -0.39 is 0 Å². The van der Waals surface area contributed by atoms with Crippen LogP contribution in [0.15, 0.2) is 24.3 Å². The van der Waals surface area contributed by atoms with Crippen LogP contribution in [-0.4, -0.2) is 74.5 Å². The number of rotatable bonds is 5. The lowest BCUT2D eigenvalue weighted by atomic mass is 10.1. The lowest BCUT2D eigenvalue weighted by Crippen LogP contribution is -2.44. The average Bonchev–Trinajstić information content (AvgIpc) is 2.64. The first kappa shape index (κ1) is 17.7. The quantitative estimate of drug-likeness (QED) is 0.872. The van der Waals surface area contributed by atoms with Gasteiger partial charge in [-0.1, -0.05) is 0 Å². The predicted octanol–water partition coefficient (Wildman–Crippen LogP) is 1.18. The number of carbonyl (C=O) groups excluding carboxylic acids is 2. The van der Waals surface area contributed by atoms with Crippen LogP contribution in [-0.2, 0) is 4.79 Å². The van der Waals surface area contributed by atoms with Gasteiger partial charge in [-0.15, -0.1) is 0 Å². The van der Waals surface area contributed by atoms with Gasteiger partial charge in [0.1, 0.15) is 0 Å². The molecule has 1 aromatic carbocycles. The van der Waals surface area contributed by atoms with Crippen molar-refractivity contribution in [2.45, 2.75) is 19.3 Å². The standard InChI is InChI=1S/C19H28N4O2/c1-21-12-14-22(15-13-21)17-7-5-16(6-8-17)19(25)20-9-11-23-10-3-2-4-18(23)24/h5-8H,2-4,9-15H2,1H3,(H,20,25). The van der Waals surface area contributed by atoms with Crippen LogP contribution in [0.4, 0.5) is 5.69 Å². The molecule has 25 heavy (non-hydrogen) atoms. The first-order valence-electron chi connectivity index (χ1n) is 9.23. The molecule has 1 N–H and O–H groups in total. The molecule has 0 saturated carbocycles. The zero-order chi connectivity index (χ0) is 17.6. The maximum absolute atomic E-state index is 12.3. The number of amides is 2. The molecule has 2 amide bonds. The number of hydrogen-bond acceptors (Lipinski definition) is 4. The Morgan fingerprint density at radius 3 is 2.44 bits per heavy atom. The number of carbonyl (C=O) groups is 2. The minimum absolute atomic E-state index is 0.0746. The Hall–Kier alpha value is -2.08. The van der Waals surface area contributed by atoms with Gasteiger partial charge in [-0.05, 0) is 44.2 Å². The summed E-state index contributed by atoms with van der Waals surface area (Å²) in [5.74, 6) is 0.131. The van der Waals surface area contributed by atoms with Crippen molar-refractivity contribution in [3.63, 3.8) is 0 Å². The number of piperazine rings is 1. The molecule has 0 atom stereocenters. The van der Waals surface area contributed by atoms with Gasteiger partial charge in [-0.2, -0.15) is 0 Å². The van der Waals surface area contributed by atoms with Crippen molar-refractivity contribution >= 4 is 17.5 Å². The monoisotopic (exact) mass is 344 g/mol. The highest BCUT2D eigenvalue weighted by molar-refractivity contribution is 5.94. The maximum Gasteiger partial charge on any atom is 0.251 e. The molecule has 0 radical (unpaired) electrons. The van der Waals surface area contributed by atoms with Gasteiger partial charge in [0, 0.05) is 63.5 Å². The second kappa shape index (κ2) is 8.34. The molecule has 2 aliphatic heterocycles. The zero-order valence-electron chi connectivity index (χ0n) is 15.0. The fourth-order valence-electron chi connectivity index (χ4n) is 3.39. The van der Waals surface area contributed by atoms with E-state index >= 15 is 0 Å². The van der Waals surface area contributed by atoms with E-state index in [1.54, 1.807) is 0 Å². The Bertz CT molecular complexity index is 594. The Morgan fingerprint density at radius 1 is 1.04 bits per heavy atom. The first-order chi connectivity index (χ1) is 12.1. The van der Waals surface area contributed by atoms with Crippen LogP contribution in [0.2, 0.25) is 0 Å². The van der Waals surface area contributed by atoms with E-state index in [0.717, 1.165) is 45.6 Å². The van der Waals surface area contributed by atoms with Crippen molar-refractivity contribution in [2.75, 3.05) is 57.8 Å². The molecular formula is C19H28N4O2. The lowest BCUT2D eigenvalue weighted by molar-refractivity contribution is -0.133. The number of benzene rings is 1. The van der Waals surface area contributed by atoms with Gasteiger partial charge in [-0.3, -0.25) is 9.59 Å². The van der Waals surface area contributed by atoms with E-state index in [2.05, 4.69) is 22.2 Å². The van der Waals surface area contributed by atoms with Crippen LogP contribution in [0.3, 0.4) is 0 Å². The molecule has 0 aliphatic carbocycles. The molecule has 0 aromatic heterocycles. The number of nitrogens with one attached hydrogen (secondary N) is 1. The van der Waals surface area contributed by atoms with Gasteiger partial charge >= 0.3 is 0 Å². The molecule has 3 rings (SSSR count). The Morgan fingerprint density at radius 2 is 1.76 bits per heavy atom. The highest BCUT2D eigenvalue weighted by atomic mass is 16.2. The van der Waals surface area contributed by atoms with Crippen molar-refractivity contribution in [1.82, 2.24) is 15.1 Å². The van der Waals surface area contributed by atoms with E-state index in [1.165, 1.54) is 5.69 Å². The third-order valence-corrected chi connectivity index (χ3v) is 5.09. The number of likely N-dealkylation sites (N-methyl/N-ethyl adjacent to an activating group) is 1. The Labute approximate surface area is 149 Å². The van der Waals surface area contributed by atoms with E-state index in [1.807, 2.05) is 29.2 Å². The predicted molar refractivity (Wildman–Crippen MR) is 98.9 cm³/mol.